The Morgan fingerprint density at radius 1 is 1.03 bits per heavy atom. The Morgan fingerprint density at radius 3 is 2.34 bits per heavy atom. The van der Waals surface area contributed by atoms with Crippen LogP contribution in [0.4, 0.5) is 10.5 Å². The molecule has 0 spiro atoms. The number of amides is 2. The number of urea groups is 1. The standard InChI is InChI=1S/C20H22N4O5/c1-4-28-18(25)12-21-19(26)22-14-10-15-16(24(3)20(27)23(15)2)11-17(14)29-13-8-6-5-7-9-13/h5-11H,4,12H2,1-3H3,(H2,21,22,26). The number of esters is 1. The lowest BCUT2D eigenvalue weighted by atomic mass is 10.2. The van der Waals surface area contributed by atoms with Crippen molar-refractivity contribution in [1.82, 2.24) is 14.5 Å². The summed E-state index contributed by atoms with van der Waals surface area (Å²) in [5, 5.41) is 5.10. The highest BCUT2D eigenvalue weighted by Crippen LogP contribution is 2.33. The molecule has 152 valence electrons. The van der Waals surface area contributed by atoms with Crippen molar-refractivity contribution in [2.75, 3.05) is 18.5 Å². The Morgan fingerprint density at radius 2 is 1.69 bits per heavy atom. The number of carbonyl (C=O) groups excluding carboxylic acids is 2. The molecule has 0 saturated carbocycles. The molecule has 3 aromatic rings. The van der Waals surface area contributed by atoms with Crippen molar-refractivity contribution in [3.8, 4) is 11.5 Å². The van der Waals surface area contributed by atoms with Gasteiger partial charge in [-0.3, -0.25) is 13.9 Å². The lowest BCUT2D eigenvalue weighted by molar-refractivity contribution is -0.141. The fourth-order valence-electron chi connectivity index (χ4n) is 2.85. The van der Waals surface area contributed by atoms with Crippen molar-refractivity contribution in [3.05, 3.63) is 52.9 Å². The number of imidazole rings is 1. The number of carbonyl (C=O) groups is 2. The van der Waals surface area contributed by atoms with Gasteiger partial charge in [-0.15, -0.1) is 0 Å². The van der Waals surface area contributed by atoms with Gasteiger partial charge in [-0.1, -0.05) is 18.2 Å². The number of fused-ring (bicyclic) bond motifs is 1. The van der Waals surface area contributed by atoms with Crippen LogP contribution in [0.2, 0.25) is 0 Å². The van der Waals surface area contributed by atoms with E-state index in [1.807, 2.05) is 18.2 Å². The van der Waals surface area contributed by atoms with Crippen molar-refractivity contribution in [2.24, 2.45) is 14.1 Å². The molecule has 29 heavy (non-hydrogen) atoms. The van der Waals surface area contributed by atoms with Gasteiger partial charge in [-0.2, -0.15) is 0 Å². The summed E-state index contributed by atoms with van der Waals surface area (Å²) < 4.78 is 13.7. The molecule has 1 aromatic heterocycles. The highest BCUT2D eigenvalue weighted by Gasteiger charge is 2.16. The molecule has 1 heterocycles. The predicted octanol–water partition coefficient (Wildman–Crippen LogP) is 2.35. The van der Waals surface area contributed by atoms with Crippen LogP contribution in [0.15, 0.2) is 47.3 Å². The predicted molar refractivity (Wildman–Crippen MR) is 108 cm³/mol. The van der Waals surface area contributed by atoms with Crippen molar-refractivity contribution in [1.29, 1.82) is 0 Å². The van der Waals surface area contributed by atoms with Gasteiger partial charge in [0.1, 0.15) is 12.3 Å². The minimum atomic E-state index is -0.601. The summed E-state index contributed by atoms with van der Waals surface area (Å²) in [5.41, 5.74) is 1.43. The van der Waals surface area contributed by atoms with Crippen molar-refractivity contribution >= 4 is 28.7 Å². The van der Waals surface area contributed by atoms with Gasteiger partial charge in [-0.25, -0.2) is 9.59 Å². The van der Waals surface area contributed by atoms with E-state index in [1.54, 1.807) is 45.3 Å². The normalized spacial score (nSPS) is 10.6. The second kappa shape index (κ2) is 8.51. The molecule has 0 saturated heterocycles. The monoisotopic (exact) mass is 398 g/mol. The maximum absolute atomic E-state index is 12.3. The Bertz CT molecular complexity index is 1100. The van der Waals surface area contributed by atoms with Crippen LogP contribution in [0.3, 0.4) is 0 Å². The molecule has 0 aliphatic carbocycles. The van der Waals surface area contributed by atoms with E-state index >= 15 is 0 Å². The summed E-state index contributed by atoms with van der Waals surface area (Å²) in [6.45, 7) is 1.65. The zero-order valence-electron chi connectivity index (χ0n) is 16.4. The van der Waals surface area contributed by atoms with E-state index in [-0.39, 0.29) is 18.8 Å². The van der Waals surface area contributed by atoms with Gasteiger partial charge in [-0.05, 0) is 25.1 Å². The van der Waals surface area contributed by atoms with E-state index in [0.29, 0.717) is 28.2 Å². The number of para-hydroxylation sites is 1. The van der Waals surface area contributed by atoms with Crippen LogP contribution in [0.5, 0.6) is 11.5 Å². The third kappa shape index (κ3) is 4.40. The van der Waals surface area contributed by atoms with Crippen LogP contribution >= 0.6 is 0 Å². The van der Waals surface area contributed by atoms with Crippen molar-refractivity contribution < 1.29 is 19.1 Å². The summed E-state index contributed by atoms with van der Waals surface area (Å²) in [4.78, 5) is 36.0. The van der Waals surface area contributed by atoms with E-state index in [1.165, 1.54) is 9.13 Å². The average Bonchev–Trinajstić information content (AvgIpc) is 2.91. The molecule has 0 radical (unpaired) electrons. The second-order valence-electron chi connectivity index (χ2n) is 6.27. The molecule has 0 aliphatic heterocycles. The molecule has 0 atom stereocenters. The number of nitrogens with zero attached hydrogens (tertiary/aromatic N) is 2. The van der Waals surface area contributed by atoms with Gasteiger partial charge < -0.3 is 20.1 Å². The number of aromatic nitrogens is 2. The zero-order chi connectivity index (χ0) is 21.0. The number of aryl methyl sites for hydroxylation is 2. The summed E-state index contributed by atoms with van der Waals surface area (Å²) >= 11 is 0. The first kappa shape index (κ1) is 20.0. The summed E-state index contributed by atoms with van der Waals surface area (Å²) in [6.07, 6.45) is 0. The second-order valence-corrected chi connectivity index (χ2v) is 6.27. The molecule has 2 N–H and O–H groups in total. The molecule has 2 aromatic carbocycles. The maximum Gasteiger partial charge on any atom is 0.328 e. The number of hydrogen-bond acceptors (Lipinski definition) is 5. The van der Waals surface area contributed by atoms with Gasteiger partial charge in [0.15, 0.2) is 5.75 Å². The molecule has 0 fully saturated rings. The summed E-state index contributed by atoms with van der Waals surface area (Å²) in [7, 11) is 3.31. The molecular weight excluding hydrogens is 376 g/mol. The SMILES string of the molecule is CCOC(=O)CNC(=O)Nc1cc2c(cc1Oc1ccccc1)n(C)c(=O)n2C. The number of benzene rings is 2. The third-order valence-electron chi connectivity index (χ3n) is 4.29. The van der Waals surface area contributed by atoms with Gasteiger partial charge in [0.05, 0.1) is 23.3 Å². The smallest absolute Gasteiger partial charge is 0.328 e. The topological polar surface area (TPSA) is 104 Å². The van der Waals surface area contributed by atoms with E-state index in [2.05, 4.69) is 10.6 Å². The van der Waals surface area contributed by atoms with E-state index in [4.69, 9.17) is 9.47 Å². The number of ether oxygens (including phenoxy) is 2. The first-order valence-electron chi connectivity index (χ1n) is 9.03. The lowest BCUT2D eigenvalue weighted by Gasteiger charge is -2.14. The maximum atomic E-state index is 12.3. The van der Waals surface area contributed by atoms with Crippen LogP contribution < -0.4 is 21.1 Å². The first-order chi connectivity index (χ1) is 13.9. The van der Waals surface area contributed by atoms with Crippen molar-refractivity contribution in [3.63, 3.8) is 0 Å². The molecule has 3 rings (SSSR count). The fraction of sp³-hybridized carbons (Fsp3) is 0.250. The highest BCUT2D eigenvalue weighted by molar-refractivity contribution is 5.96. The molecular formula is C20H22N4O5. The van der Waals surface area contributed by atoms with E-state index < -0.39 is 12.0 Å². The molecule has 0 aliphatic rings. The Kier molecular flexibility index (Phi) is 5.87. The third-order valence-corrected chi connectivity index (χ3v) is 4.29. The molecule has 9 heteroatoms. The molecule has 0 unspecified atom stereocenters. The van der Waals surface area contributed by atoms with Crippen molar-refractivity contribution in [2.45, 2.75) is 6.92 Å². The van der Waals surface area contributed by atoms with E-state index in [0.717, 1.165) is 0 Å². The Balaban J connectivity index is 1.93. The minimum Gasteiger partial charge on any atom is -0.465 e. The molecule has 2 amide bonds. The minimum absolute atomic E-state index is 0.199. The number of nitrogens with one attached hydrogen (secondary N) is 2. The van der Waals surface area contributed by atoms with Gasteiger partial charge >= 0.3 is 17.7 Å². The average molecular weight is 398 g/mol. The van der Waals surface area contributed by atoms with Crippen LogP contribution in [-0.2, 0) is 23.6 Å². The number of hydrogen-bond donors (Lipinski definition) is 2. The first-order valence-corrected chi connectivity index (χ1v) is 9.03. The Labute approximate surface area is 166 Å². The van der Waals surface area contributed by atoms with Gasteiger partial charge in [0, 0.05) is 20.2 Å². The molecule has 0 bridgehead atoms. The van der Waals surface area contributed by atoms with Crippen LogP contribution in [-0.4, -0.2) is 34.3 Å². The molecule has 9 nitrogen and oxygen atoms in total. The van der Waals surface area contributed by atoms with Crippen LogP contribution in [0.25, 0.3) is 11.0 Å². The quantitative estimate of drug-likeness (QED) is 0.621. The lowest BCUT2D eigenvalue weighted by Crippen LogP contribution is -2.34. The van der Waals surface area contributed by atoms with E-state index in [9.17, 15) is 14.4 Å². The van der Waals surface area contributed by atoms with Gasteiger partial charge in [0.2, 0.25) is 0 Å². The van der Waals surface area contributed by atoms with Gasteiger partial charge in [0.25, 0.3) is 0 Å². The highest BCUT2D eigenvalue weighted by atomic mass is 16.5. The van der Waals surface area contributed by atoms with Crippen LogP contribution in [0.1, 0.15) is 6.92 Å². The number of rotatable bonds is 6. The number of anilines is 1. The summed E-state index contributed by atoms with van der Waals surface area (Å²) in [6, 6.07) is 11.8. The summed E-state index contributed by atoms with van der Waals surface area (Å²) in [5.74, 6) is 0.392. The largest absolute Gasteiger partial charge is 0.465 e. The zero-order valence-corrected chi connectivity index (χ0v) is 16.4. The van der Waals surface area contributed by atoms with Crippen LogP contribution in [0, 0.1) is 0 Å². The Hall–Kier alpha value is -3.75. The fourth-order valence-corrected chi connectivity index (χ4v) is 2.85.